The van der Waals surface area contributed by atoms with Gasteiger partial charge in [0.2, 0.25) is 0 Å². The van der Waals surface area contributed by atoms with Crippen LogP contribution in [0.5, 0.6) is 0 Å². The highest BCUT2D eigenvalue weighted by molar-refractivity contribution is 6.04. The molecule has 0 saturated heterocycles. The first-order chi connectivity index (χ1) is 12.3. The molecule has 2 nitrogen and oxygen atoms in total. The molecule has 1 aliphatic rings. The summed E-state index contributed by atoms with van der Waals surface area (Å²) in [6.07, 6.45) is 8.60. The molecule has 0 radical (unpaired) electrons. The Kier molecular flexibility index (Phi) is 9.58. The van der Waals surface area contributed by atoms with Crippen molar-refractivity contribution >= 4 is 5.71 Å². The molecule has 0 atom stereocenters. The van der Waals surface area contributed by atoms with Crippen LogP contribution in [0.2, 0.25) is 0 Å². The van der Waals surface area contributed by atoms with Gasteiger partial charge in [-0.25, -0.2) is 0 Å². The van der Waals surface area contributed by atoms with Crippen LogP contribution in [-0.4, -0.2) is 25.8 Å². The smallest absolute Gasteiger partial charge is 0.0395 e. The zero-order valence-corrected chi connectivity index (χ0v) is 17.6. The van der Waals surface area contributed by atoms with E-state index in [1.807, 2.05) is 13.1 Å². The van der Waals surface area contributed by atoms with E-state index in [0.717, 1.165) is 42.8 Å². The molecule has 1 aliphatic carbocycles. The zero-order chi connectivity index (χ0) is 19.7. The van der Waals surface area contributed by atoms with Crippen LogP contribution in [-0.2, 0) is 0 Å². The van der Waals surface area contributed by atoms with Crippen molar-refractivity contribution in [3.8, 4) is 0 Å². The summed E-state index contributed by atoms with van der Waals surface area (Å²) in [4.78, 5) is 4.51. The Balaban J connectivity index is 3.09. The summed E-state index contributed by atoms with van der Waals surface area (Å²) in [5, 5.41) is 3.51. The van der Waals surface area contributed by atoms with Gasteiger partial charge in [0.1, 0.15) is 0 Å². The summed E-state index contributed by atoms with van der Waals surface area (Å²) in [6, 6.07) is 0. The minimum absolute atomic E-state index is 0.620. The van der Waals surface area contributed by atoms with E-state index in [0.29, 0.717) is 11.8 Å². The highest BCUT2D eigenvalue weighted by Gasteiger charge is 2.30. The van der Waals surface area contributed by atoms with Gasteiger partial charge in [-0.1, -0.05) is 51.3 Å². The Labute approximate surface area is 161 Å². The fourth-order valence-electron chi connectivity index (χ4n) is 3.23. The highest BCUT2D eigenvalue weighted by Crippen LogP contribution is 2.43. The van der Waals surface area contributed by atoms with E-state index in [2.05, 4.69) is 63.8 Å². The molecule has 0 spiro atoms. The van der Waals surface area contributed by atoms with Gasteiger partial charge in [-0.15, -0.1) is 0 Å². The largest absolute Gasteiger partial charge is 0.316 e. The van der Waals surface area contributed by atoms with Crippen LogP contribution in [0.25, 0.3) is 0 Å². The van der Waals surface area contributed by atoms with Gasteiger partial charge in [-0.2, -0.15) is 0 Å². The quantitative estimate of drug-likeness (QED) is 0.257. The van der Waals surface area contributed by atoms with Crippen LogP contribution >= 0.6 is 0 Å². The van der Waals surface area contributed by atoms with E-state index in [-0.39, 0.29) is 0 Å². The van der Waals surface area contributed by atoms with E-state index in [9.17, 15) is 0 Å². The SMILES string of the molecule is C=C\C=C(C(/C(C)=N\C)=C(/C(=C)C)C(=C)CCCNCC(C)C)\C1CC1. The number of rotatable bonds is 12. The van der Waals surface area contributed by atoms with Gasteiger partial charge in [-0.05, 0) is 81.2 Å². The van der Waals surface area contributed by atoms with Crippen LogP contribution in [0.1, 0.15) is 53.4 Å². The second-order valence-corrected chi connectivity index (χ2v) is 7.78. The molecule has 0 amide bonds. The van der Waals surface area contributed by atoms with E-state index < -0.39 is 0 Å². The molecule has 0 unspecified atom stereocenters. The van der Waals surface area contributed by atoms with Gasteiger partial charge in [0, 0.05) is 18.3 Å². The maximum atomic E-state index is 4.51. The molecule has 0 aromatic heterocycles. The lowest BCUT2D eigenvalue weighted by molar-refractivity contribution is 0.543. The van der Waals surface area contributed by atoms with Crippen LogP contribution in [0, 0.1) is 11.8 Å². The maximum Gasteiger partial charge on any atom is 0.0395 e. The standard InChI is InChI=1S/C24H38N2/c1-9-11-22(21-13-14-21)24(20(7)25-8)23(18(4)5)19(6)12-10-15-26-16-17(2)3/h9,11,17,21,26H,1,4,6,10,12-16H2,2-3,5,7-8H3/b22-11-,24-23-,25-20-. The van der Waals surface area contributed by atoms with Crippen molar-refractivity contribution in [1.29, 1.82) is 0 Å². The maximum absolute atomic E-state index is 4.51. The van der Waals surface area contributed by atoms with E-state index in [1.165, 1.54) is 29.6 Å². The monoisotopic (exact) mass is 354 g/mol. The van der Waals surface area contributed by atoms with Gasteiger partial charge < -0.3 is 5.32 Å². The molecular weight excluding hydrogens is 316 g/mol. The fourth-order valence-corrected chi connectivity index (χ4v) is 3.23. The van der Waals surface area contributed by atoms with Crippen molar-refractivity contribution < 1.29 is 0 Å². The third-order valence-corrected chi connectivity index (χ3v) is 4.72. The van der Waals surface area contributed by atoms with Crippen molar-refractivity contribution in [1.82, 2.24) is 5.32 Å². The fraction of sp³-hybridized carbons (Fsp3) is 0.542. The van der Waals surface area contributed by atoms with Gasteiger partial charge in [0.25, 0.3) is 0 Å². The average Bonchev–Trinajstić information content (AvgIpc) is 3.41. The Hall–Kier alpha value is -1.67. The van der Waals surface area contributed by atoms with E-state index >= 15 is 0 Å². The van der Waals surface area contributed by atoms with Crippen LogP contribution in [0.3, 0.4) is 0 Å². The molecule has 2 heteroatoms. The molecule has 1 rings (SSSR count). The first kappa shape index (κ1) is 22.4. The Morgan fingerprint density at radius 2 is 1.85 bits per heavy atom. The predicted octanol–water partition coefficient (Wildman–Crippen LogP) is 6.05. The van der Waals surface area contributed by atoms with Gasteiger partial charge >= 0.3 is 0 Å². The van der Waals surface area contributed by atoms with Crippen molar-refractivity contribution in [2.75, 3.05) is 20.1 Å². The molecule has 26 heavy (non-hydrogen) atoms. The van der Waals surface area contributed by atoms with Crippen LogP contribution in [0.15, 0.2) is 64.7 Å². The van der Waals surface area contributed by atoms with Crippen molar-refractivity contribution in [2.45, 2.75) is 53.4 Å². The summed E-state index contributed by atoms with van der Waals surface area (Å²) in [5.74, 6) is 1.30. The average molecular weight is 355 g/mol. The Bertz CT molecular complexity index is 610. The lowest BCUT2D eigenvalue weighted by Gasteiger charge is -2.21. The summed E-state index contributed by atoms with van der Waals surface area (Å²) in [7, 11) is 1.86. The number of nitrogens with zero attached hydrogens (tertiary/aromatic N) is 1. The molecule has 0 aliphatic heterocycles. The van der Waals surface area contributed by atoms with Crippen molar-refractivity contribution in [2.24, 2.45) is 16.8 Å². The molecule has 1 N–H and O–H groups in total. The molecule has 0 heterocycles. The van der Waals surface area contributed by atoms with Crippen LogP contribution in [0.4, 0.5) is 0 Å². The first-order valence-corrected chi connectivity index (χ1v) is 9.89. The van der Waals surface area contributed by atoms with Gasteiger partial charge in [0.05, 0.1) is 0 Å². The molecule has 1 fully saturated rings. The molecule has 0 bridgehead atoms. The summed E-state index contributed by atoms with van der Waals surface area (Å²) in [5.41, 5.74) is 7.05. The highest BCUT2D eigenvalue weighted by atomic mass is 14.8. The van der Waals surface area contributed by atoms with Crippen LogP contribution < -0.4 is 5.32 Å². The normalized spacial score (nSPS) is 16.5. The van der Waals surface area contributed by atoms with Crippen molar-refractivity contribution in [3.05, 3.63) is 59.8 Å². The van der Waals surface area contributed by atoms with E-state index in [4.69, 9.17) is 0 Å². The van der Waals surface area contributed by atoms with E-state index in [1.54, 1.807) is 0 Å². The molecule has 0 aromatic rings. The number of hydrogen-bond acceptors (Lipinski definition) is 2. The second kappa shape index (κ2) is 11.1. The summed E-state index contributed by atoms with van der Waals surface area (Å²) >= 11 is 0. The predicted molar refractivity (Wildman–Crippen MR) is 118 cm³/mol. The summed E-state index contributed by atoms with van der Waals surface area (Å²) < 4.78 is 0. The third-order valence-electron chi connectivity index (χ3n) is 4.72. The lowest BCUT2D eigenvalue weighted by Crippen LogP contribution is -2.20. The first-order valence-electron chi connectivity index (χ1n) is 9.89. The second-order valence-electron chi connectivity index (χ2n) is 7.78. The number of aliphatic imine (C=N–C) groups is 1. The molecular formula is C24H38N2. The van der Waals surface area contributed by atoms with Gasteiger partial charge in [-0.3, -0.25) is 4.99 Å². The topological polar surface area (TPSA) is 24.4 Å². The number of allylic oxidation sites excluding steroid dienone is 7. The zero-order valence-electron chi connectivity index (χ0n) is 17.6. The van der Waals surface area contributed by atoms with Gasteiger partial charge in [0.15, 0.2) is 0 Å². The molecule has 144 valence electrons. The molecule has 0 aromatic carbocycles. The molecule has 1 saturated carbocycles. The minimum atomic E-state index is 0.620. The lowest BCUT2D eigenvalue weighted by atomic mass is 9.85. The number of nitrogens with one attached hydrogen (secondary N) is 1. The minimum Gasteiger partial charge on any atom is -0.316 e. The summed E-state index contributed by atoms with van der Waals surface area (Å²) in [6.45, 7) is 23.3. The third kappa shape index (κ3) is 6.92. The number of hydrogen-bond donors (Lipinski definition) is 1. The van der Waals surface area contributed by atoms with Crippen molar-refractivity contribution in [3.63, 3.8) is 0 Å². The Morgan fingerprint density at radius 3 is 2.31 bits per heavy atom. The Morgan fingerprint density at radius 1 is 1.19 bits per heavy atom.